The number of halogens is 2. The van der Waals surface area contributed by atoms with Gasteiger partial charge in [-0.3, -0.25) is 9.69 Å². The molecule has 1 aliphatic heterocycles. The maximum absolute atomic E-state index is 13.9. The smallest absolute Gasteiger partial charge is 0.230 e. The summed E-state index contributed by atoms with van der Waals surface area (Å²) in [5.41, 5.74) is 0.656. The summed E-state index contributed by atoms with van der Waals surface area (Å²) in [6.07, 6.45) is 0. The molecule has 1 saturated heterocycles. The number of amides is 1. The number of nitrogens with one attached hydrogen (secondary N) is 1. The van der Waals surface area contributed by atoms with E-state index in [1.165, 1.54) is 30.0 Å². The van der Waals surface area contributed by atoms with Gasteiger partial charge in [-0.15, -0.1) is 11.8 Å². The molecule has 1 aliphatic rings. The van der Waals surface area contributed by atoms with E-state index in [0.29, 0.717) is 18.0 Å². The predicted octanol–water partition coefficient (Wildman–Crippen LogP) is 3.00. The van der Waals surface area contributed by atoms with Gasteiger partial charge in [0.1, 0.15) is 11.6 Å². The van der Waals surface area contributed by atoms with Crippen LogP contribution in [0, 0.1) is 11.6 Å². The van der Waals surface area contributed by atoms with Crippen molar-refractivity contribution >= 4 is 23.4 Å². The van der Waals surface area contributed by atoms with Gasteiger partial charge in [-0.25, -0.2) is 8.78 Å². The van der Waals surface area contributed by atoms with Crippen LogP contribution in [0.3, 0.4) is 0 Å². The molecule has 0 aromatic heterocycles. The number of carbonyl (C=O) groups excluding carboxylic acids is 1. The third-order valence-electron chi connectivity index (χ3n) is 4.50. The van der Waals surface area contributed by atoms with E-state index in [1.807, 2.05) is 12.1 Å². The van der Waals surface area contributed by atoms with Gasteiger partial charge in [-0.2, -0.15) is 0 Å². The fourth-order valence-electron chi connectivity index (χ4n) is 3.00. The predicted molar refractivity (Wildman–Crippen MR) is 105 cm³/mol. The minimum Gasteiger partial charge on any atom is -0.367 e. The van der Waals surface area contributed by atoms with Crippen LogP contribution in [0.2, 0.25) is 0 Å². The lowest BCUT2D eigenvalue weighted by molar-refractivity contribution is -0.118. The van der Waals surface area contributed by atoms with E-state index in [4.69, 9.17) is 0 Å². The average molecular weight is 391 g/mol. The second-order valence-corrected chi connectivity index (χ2v) is 7.42. The summed E-state index contributed by atoms with van der Waals surface area (Å²) in [5, 5.41) is 2.91. The molecule has 3 rings (SSSR count). The molecule has 0 saturated carbocycles. The van der Waals surface area contributed by atoms with E-state index < -0.39 is 0 Å². The molecule has 0 radical (unpaired) electrons. The third kappa shape index (κ3) is 5.94. The lowest BCUT2D eigenvalue weighted by Gasteiger charge is -2.36. The van der Waals surface area contributed by atoms with Gasteiger partial charge in [0.2, 0.25) is 5.91 Å². The zero-order valence-corrected chi connectivity index (χ0v) is 15.9. The molecule has 0 unspecified atom stereocenters. The quantitative estimate of drug-likeness (QED) is 0.736. The van der Waals surface area contributed by atoms with Gasteiger partial charge in [0.25, 0.3) is 0 Å². The molecular formula is C20H23F2N3OS. The summed E-state index contributed by atoms with van der Waals surface area (Å²) in [6, 6.07) is 13.0. The highest BCUT2D eigenvalue weighted by atomic mass is 32.2. The van der Waals surface area contributed by atoms with Crippen LogP contribution in [0.4, 0.5) is 14.5 Å². The molecule has 7 heteroatoms. The molecule has 2 aromatic carbocycles. The van der Waals surface area contributed by atoms with Crippen molar-refractivity contribution in [3.63, 3.8) is 0 Å². The van der Waals surface area contributed by atoms with Crippen molar-refractivity contribution in [3.05, 3.63) is 60.2 Å². The Hall–Kier alpha value is -2.12. The van der Waals surface area contributed by atoms with Crippen molar-refractivity contribution in [2.45, 2.75) is 4.90 Å². The van der Waals surface area contributed by atoms with Crippen LogP contribution in [0.25, 0.3) is 0 Å². The number of hydrogen-bond donors (Lipinski definition) is 1. The number of benzene rings is 2. The molecule has 0 aliphatic carbocycles. The van der Waals surface area contributed by atoms with Crippen LogP contribution in [0.1, 0.15) is 0 Å². The topological polar surface area (TPSA) is 35.6 Å². The summed E-state index contributed by atoms with van der Waals surface area (Å²) in [4.78, 5) is 17.1. The molecular weight excluding hydrogens is 368 g/mol. The summed E-state index contributed by atoms with van der Waals surface area (Å²) in [6.45, 7) is 4.59. The minimum atomic E-state index is -0.279. The van der Waals surface area contributed by atoms with Gasteiger partial charge < -0.3 is 10.2 Å². The number of piperazine rings is 1. The fraction of sp³-hybridized carbons (Fsp3) is 0.350. The second kappa shape index (κ2) is 9.71. The standard InChI is InChI=1S/C20H23F2N3OS/c21-16-5-7-17(8-6-16)27-15-20(26)23-9-10-24-11-13-25(14-12-24)19-4-2-1-3-18(19)22/h1-8H,9-15H2,(H,23,26). The van der Waals surface area contributed by atoms with Gasteiger partial charge in [0.15, 0.2) is 0 Å². The first kappa shape index (κ1) is 19.6. The van der Waals surface area contributed by atoms with Crippen LogP contribution < -0.4 is 10.2 Å². The first-order chi connectivity index (χ1) is 13.1. The molecule has 1 heterocycles. The summed E-state index contributed by atoms with van der Waals surface area (Å²) < 4.78 is 26.7. The lowest BCUT2D eigenvalue weighted by Crippen LogP contribution is -2.48. The van der Waals surface area contributed by atoms with Crippen LogP contribution in [0.5, 0.6) is 0 Å². The Bertz CT molecular complexity index is 749. The molecule has 1 fully saturated rings. The van der Waals surface area contributed by atoms with E-state index in [0.717, 1.165) is 37.6 Å². The zero-order chi connectivity index (χ0) is 19.1. The highest BCUT2D eigenvalue weighted by Gasteiger charge is 2.18. The molecule has 0 bridgehead atoms. The van der Waals surface area contributed by atoms with Crippen molar-refractivity contribution in [2.75, 3.05) is 49.9 Å². The van der Waals surface area contributed by atoms with E-state index in [9.17, 15) is 13.6 Å². The summed E-state index contributed by atoms with van der Waals surface area (Å²) in [5.74, 6) is -0.183. The Kier molecular flexibility index (Phi) is 7.06. The van der Waals surface area contributed by atoms with E-state index in [1.54, 1.807) is 18.2 Å². The summed E-state index contributed by atoms with van der Waals surface area (Å²) >= 11 is 1.39. The van der Waals surface area contributed by atoms with Crippen LogP contribution in [0.15, 0.2) is 53.4 Å². The minimum absolute atomic E-state index is 0.0330. The van der Waals surface area contributed by atoms with Gasteiger partial charge >= 0.3 is 0 Å². The lowest BCUT2D eigenvalue weighted by atomic mass is 10.2. The fourth-order valence-corrected chi connectivity index (χ4v) is 3.73. The molecule has 0 spiro atoms. The Morgan fingerprint density at radius 1 is 1.00 bits per heavy atom. The molecule has 1 N–H and O–H groups in total. The van der Waals surface area contributed by atoms with Crippen LogP contribution >= 0.6 is 11.8 Å². The van der Waals surface area contributed by atoms with Gasteiger partial charge in [-0.1, -0.05) is 12.1 Å². The number of carbonyl (C=O) groups is 1. The molecule has 0 atom stereocenters. The number of nitrogens with zero attached hydrogens (tertiary/aromatic N) is 2. The summed E-state index contributed by atoms with van der Waals surface area (Å²) in [7, 11) is 0. The number of anilines is 1. The zero-order valence-electron chi connectivity index (χ0n) is 15.0. The maximum Gasteiger partial charge on any atom is 0.230 e. The van der Waals surface area contributed by atoms with Gasteiger partial charge in [0.05, 0.1) is 11.4 Å². The third-order valence-corrected chi connectivity index (χ3v) is 5.51. The number of thioether (sulfide) groups is 1. The Morgan fingerprint density at radius 2 is 1.70 bits per heavy atom. The van der Waals surface area contributed by atoms with Crippen molar-refractivity contribution in [1.82, 2.24) is 10.2 Å². The normalized spacial score (nSPS) is 15.0. The first-order valence-corrected chi connectivity index (χ1v) is 9.97. The Labute approximate surface area is 162 Å². The highest BCUT2D eigenvalue weighted by molar-refractivity contribution is 8.00. The van der Waals surface area contributed by atoms with Crippen molar-refractivity contribution < 1.29 is 13.6 Å². The molecule has 4 nitrogen and oxygen atoms in total. The van der Waals surface area contributed by atoms with E-state index in [-0.39, 0.29) is 17.5 Å². The second-order valence-electron chi connectivity index (χ2n) is 6.37. The van der Waals surface area contributed by atoms with Crippen LogP contribution in [-0.4, -0.2) is 55.8 Å². The molecule has 27 heavy (non-hydrogen) atoms. The first-order valence-electron chi connectivity index (χ1n) is 8.99. The average Bonchev–Trinajstić information content (AvgIpc) is 2.69. The highest BCUT2D eigenvalue weighted by Crippen LogP contribution is 2.20. The number of hydrogen-bond acceptors (Lipinski definition) is 4. The largest absolute Gasteiger partial charge is 0.367 e. The van der Waals surface area contributed by atoms with Crippen molar-refractivity contribution in [3.8, 4) is 0 Å². The molecule has 1 amide bonds. The van der Waals surface area contributed by atoms with E-state index in [2.05, 4.69) is 15.1 Å². The Morgan fingerprint density at radius 3 is 2.41 bits per heavy atom. The monoisotopic (exact) mass is 391 g/mol. The van der Waals surface area contributed by atoms with E-state index >= 15 is 0 Å². The van der Waals surface area contributed by atoms with Gasteiger partial charge in [0, 0.05) is 44.2 Å². The number of rotatable bonds is 7. The molecule has 144 valence electrons. The number of para-hydroxylation sites is 1. The molecule has 2 aromatic rings. The SMILES string of the molecule is O=C(CSc1ccc(F)cc1)NCCN1CCN(c2ccccc2F)CC1. The van der Waals surface area contributed by atoms with Gasteiger partial charge in [-0.05, 0) is 36.4 Å². The maximum atomic E-state index is 13.9. The van der Waals surface area contributed by atoms with Crippen molar-refractivity contribution in [2.24, 2.45) is 0 Å². The van der Waals surface area contributed by atoms with Crippen LogP contribution in [-0.2, 0) is 4.79 Å². The van der Waals surface area contributed by atoms with Crippen molar-refractivity contribution in [1.29, 1.82) is 0 Å². The Balaban J connectivity index is 1.32.